The van der Waals surface area contributed by atoms with Crippen LogP contribution in [-0.2, 0) is 5.41 Å². The Morgan fingerprint density at radius 3 is 2.42 bits per heavy atom. The molecule has 1 N–H and O–H groups in total. The molecule has 0 bridgehead atoms. The van der Waals surface area contributed by atoms with E-state index in [-0.39, 0.29) is 22.6 Å². The van der Waals surface area contributed by atoms with Crippen LogP contribution in [0.5, 0.6) is 0 Å². The van der Waals surface area contributed by atoms with Crippen LogP contribution >= 0.6 is 11.8 Å². The molecular formula is C18H20N2O3S. The Bertz CT molecular complexity index is 782. The summed E-state index contributed by atoms with van der Waals surface area (Å²) in [6.07, 6.45) is 1.77. The number of benzene rings is 2. The molecule has 0 radical (unpaired) electrons. The average Bonchev–Trinajstić information content (AvgIpc) is 2.53. The summed E-state index contributed by atoms with van der Waals surface area (Å²) in [5, 5.41) is 14.0. The fraction of sp³-hybridized carbons (Fsp3) is 0.278. The zero-order valence-corrected chi connectivity index (χ0v) is 14.9. The lowest BCUT2D eigenvalue weighted by Crippen LogP contribution is -2.18. The van der Waals surface area contributed by atoms with Crippen molar-refractivity contribution in [3.63, 3.8) is 0 Å². The van der Waals surface area contributed by atoms with Gasteiger partial charge in [0.15, 0.2) is 0 Å². The van der Waals surface area contributed by atoms with Gasteiger partial charge in [-0.1, -0.05) is 39.0 Å². The number of carbonyl (C=O) groups excluding carboxylic acids is 1. The van der Waals surface area contributed by atoms with Crippen LogP contribution in [0.1, 0.15) is 36.7 Å². The van der Waals surface area contributed by atoms with Gasteiger partial charge in [0.1, 0.15) is 0 Å². The fourth-order valence-electron chi connectivity index (χ4n) is 2.41. The van der Waals surface area contributed by atoms with E-state index in [1.165, 1.54) is 17.8 Å². The smallest absolute Gasteiger partial charge is 0.283 e. The number of nitrogens with zero attached hydrogens (tertiary/aromatic N) is 1. The average molecular weight is 344 g/mol. The summed E-state index contributed by atoms with van der Waals surface area (Å²) in [4.78, 5) is 23.8. The van der Waals surface area contributed by atoms with Gasteiger partial charge in [-0.05, 0) is 35.4 Å². The number of nitro groups is 1. The van der Waals surface area contributed by atoms with E-state index in [9.17, 15) is 14.9 Å². The molecule has 0 fully saturated rings. The molecule has 0 heterocycles. The molecule has 0 saturated heterocycles. The van der Waals surface area contributed by atoms with Gasteiger partial charge in [-0.3, -0.25) is 14.9 Å². The molecule has 5 nitrogen and oxygen atoms in total. The van der Waals surface area contributed by atoms with Crippen molar-refractivity contribution in [2.75, 3.05) is 11.6 Å². The van der Waals surface area contributed by atoms with Gasteiger partial charge < -0.3 is 5.32 Å². The van der Waals surface area contributed by atoms with Gasteiger partial charge in [-0.15, -0.1) is 11.8 Å². The van der Waals surface area contributed by atoms with Crippen LogP contribution in [0, 0.1) is 10.1 Å². The summed E-state index contributed by atoms with van der Waals surface area (Å²) in [6.45, 7) is 6.20. The van der Waals surface area contributed by atoms with Crippen molar-refractivity contribution in [2.45, 2.75) is 31.1 Å². The Labute approximate surface area is 145 Å². The van der Waals surface area contributed by atoms with Crippen LogP contribution in [0.3, 0.4) is 0 Å². The predicted molar refractivity (Wildman–Crippen MR) is 98.0 cm³/mol. The maximum Gasteiger partial charge on any atom is 0.283 e. The van der Waals surface area contributed by atoms with E-state index < -0.39 is 4.92 Å². The van der Waals surface area contributed by atoms with Crippen LogP contribution < -0.4 is 5.32 Å². The van der Waals surface area contributed by atoms with Gasteiger partial charge in [0, 0.05) is 17.3 Å². The minimum Gasteiger partial charge on any atom is -0.322 e. The number of hydrogen-bond donors (Lipinski definition) is 1. The molecule has 0 saturated carbocycles. The van der Waals surface area contributed by atoms with Gasteiger partial charge in [0.25, 0.3) is 11.6 Å². The molecule has 0 aliphatic rings. The number of para-hydroxylation sites is 1. The Kier molecular flexibility index (Phi) is 5.29. The molecule has 6 heteroatoms. The summed E-state index contributed by atoms with van der Waals surface area (Å²) < 4.78 is 0. The summed E-state index contributed by atoms with van der Waals surface area (Å²) >= 11 is 1.28. The molecule has 2 aromatic carbocycles. The Balaban J connectivity index is 2.35. The monoisotopic (exact) mass is 344 g/mol. The second kappa shape index (κ2) is 7.05. The number of nitro benzene ring substituents is 1. The highest BCUT2D eigenvalue weighted by Gasteiger charge is 2.21. The van der Waals surface area contributed by atoms with Crippen LogP contribution in [0.15, 0.2) is 47.4 Å². The van der Waals surface area contributed by atoms with Crippen molar-refractivity contribution in [3.8, 4) is 0 Å². The highest BCUT2D eigenvalue weighted by atomic mass is 32.2. The summed E-state index contributed by atoms with van der Waals surface area (Å²) in [6, 6.07) is 12.1. The molecule has 0 unspecified atom stereocenters. The first-order valence-corrected chi connectivity index (χ1v) is 8.70. The number of amides is 1. The molecule has 0 aliphatic carbocycles. The van der Waals surface area contributed by atoms with Crippen molar-refractivity contribution in [1.82, 2.24) is 0 Å². The number of carbonyl (C=O) groups is 1. The first kappa shape index (κ1) is 18.0. The van der Waals surface area contributed by atoms with Crippen molar-refractivity contribution in [2.24, 2.45) is 0 Å². The van der Waals surface area contributed by atoms with Crippen molar-refractivity contribution >= 4 is 29.0 Å². The van der Waals surface area contributed by atoms with Crippen molar-refractivity contribution in [1.29, 1.82) is 0 Å². The van der Waals surface area contributed by atoms with Crippen LogP contribution in [-0.4, -0.2) is 17.1 Å². The van der Waals surface area contributed by atoms with Crippen LogP contribution in [0.4, 0.5) is 11.4 Å². The highest BCUT2D eigenvalue weighted by molar-refractivity contribution is 7.98. The van der Waals surface area contributed by atoms with Gasteiger partial charge >= 0.3 is 0 Å². The third kappa shape index (κ3) is 3.94. The molecule has 126 valence electrons. The zero-order valence-electron chi connectivity index (χ0n) is 14.1. The zero-order chi connectivity index (χ0) is 17.9. The third-order valence-electron chi connectivity index (χ3n) is 3.62. The minimum atomic E-state index is -0.467. The van der Waals surface area contributed by atoms with Crippen LogP contribution in [0.2, 0.25) is 0 Å². The first-order chi connectivity index (χ1) is 11.2. The molecular weight excluding hydrogens is 324 g/mol. The lowest BCUT2D eigenvalue weighted by atomic mass is 9.86. The lowest BCUT2D eigenvalue weighted by Gasteiger charge is -2.23. The van der Waals surface area contributed by atoms with E-state index >= 15 is 0 Å². The Hall–Kier alpha value is -2.34. The molecule has 0 atom stereocenters. The van der Waals surface area contributed by atoms with Crippen LogP contribution in [0.25, 0.3) is 0 Å². The molecule has 0 aromatic heterocycles. The van der Waals surface area contributed by atoms with Crippen molar-refractivity contribution in [3.05, 3.63) is 63.7 Å². The largest absolute Gasteiger partial charge is 0.322 e. The molecule has 24 heavy (non-hydrogen) atoms. The number of thioether (sulfide) groups is 1. The number of anilines is 1. The number of rotatable bonds is 4. The number of hydrogen-bond acceptors (Lipinski definition) is 4. The summed E-state index contributed by atoms with van der Waals surface area (Å²) in [5.74, 6) is -0.359. The molecule has 2 aromatic rings. The molecule has 0 spiro atoms. The van der Waals surface area contributed by atoms with E-state index in [2.05, 4.69) is 26.1 Å². The fourth-order valence-corrected chi connectivity index (χ4v) is 2.96. The lowest BCUT2D eigenvalue weighted by molar-refractivity contribution is -0.387. The maximum atomic E-state index is 12.5. The van der Waals surface area contributed by atoms with Crippen molar-refractivity contribution < 1.29 is 9.72 Å². The van der Waals surface area contributed by atoms with E-state index in [4.69, 9.17) is 0 Å². The third-order valence-corrected chi connectivity index (χ3v) is 4.41. The topological polar surface area (TPSA) is 72.2 Å². The molecule has 2 rings (SSSR count). The second-order valence-electron chi connectivity index (χ2n) is 6.39. The molecule has 1 amide bonds. The summed E-state index contributed by atoms with van der Waals surface area (Å²) in [7, 11) is 0. The predicted octanol–water partition coefficient (Wildman–Crippen LogP) is 4.87. The second-order valence-corrected chi connectivity index (χ2v) is 7.24. The van der Waals surface area contributed by atoms with E-state index in [0.29, 0.717) is 10.6 Å². The Morgan fingerprint density at radius 1 is 1.17 bits per heavy atom. The van der Waals surface area contributed by atoms with E-state index in [0.717, 1.165) is 5.56 Å². The standard InChI is InChI=1S/C18H20N2O3S/c1-18(2,3)13-7-5-6-8-14(13)19-17(21)12-9-10-16(24-4)15(11-12)20(22)23/h5-11H,1-4H3,(H,19,21). The Morgan fingerprint density at radius 2 is 1.83 bits per heavy atom. The molecule has 0 aliphatic heterocycles. The normalized spacial score (nSPS) is 11.2. The van der Waals surface area contributed by atoms with Gasteiger partial charge in [0.2, 0.25) is 0 Å². The summed E-state index contributed by atoms with van der Waals surface area (Å²) in [5.41, 5.74) is 1.81. The quantitative estimate of drug-likeness (QED) is 0.488. The van der Waals surface area contributed by atoms with Gasteiger partial charge in [-0.2, -0.15) is 0 Å². The number of nitrogens with one attached hydrogen (secondary N) is 1. The van der Waals surface area contributed by atoms with E-state index in [1.807, 2.05) is 24.3 Å². The minimum absolute atomic E-state index is 0.0562. The van der Waals surface area contributed by atoms with E-state index in [1.54, 1.807) is 18.4 Å². The van der Waals surface area contributed by atoms with Gasteiger partial charge in [0.05, 0.1) is 9.82 Å². The highest BCUT2D eigenvalue weighted by Crippen LogP contribution is 2.31. The SMILES string of the molecule is CSc1ccc(C(=O)Nc2ccccc2C(C)(C)C)cc1[N+](=O)[O-]. The van der Waals surface area contributed by atoms with Gasteiger partial charge in [-0.25, -0.2) is 0 Å². The first-order valence-electron chi connectivity index (χ1n) is 7.47. The maximum absolute atomic E-state index is 12.5.